The molecule has 3 amide bonds. The molecule has 84 valence electrons. The fourth-order valence-electron chi connectivity index (χ4n) is 1.43. The Labute approximate surface area is 95.6 Å². The van der Waals surface area contributed by atoms with Crippen LogP contribution >= 0.6 is 11.3 Å². The first-order valence-electron chi connectivity index (χ1n) is 4.74. The Morgan fingerprint density at radius 1 is 1.56 bits per heavy atom. The molecular formula is C10H9NO4S. The summed E-state index contributed by atoms with van der Waals surface area (Å²) in [7, 11) is 0. The summed E-state index contributed by atoms with van der Waals surface area (Å²) in [5.41, 5.74) is 0.606. The fourth-order valence-corrected chi connectivity index (χ4v) is 2.10. The van der Waals surface area contributed by atoms with Crippen LogP contribution in [0.1, 0.15) is 25.0 Å². The van der Waals surface area contributed by atoms with Gasteiger partial charge in [-0.3, -0.25) is 9.59 Å². The van der Waals surface area contributed by atoms with Crippen LogP contribution < -0.4 is 0 Å². The Bertz CT molecular complexity index is 440. The molecule has 1 aromatic heterocycles. The predicted molar refractivity (Wildman–Crippen MR) is 55.7 cm³/mol. The number of amides is 3. The number of carbonyl (C=O) groups is 3. The zero-order valence-corrected chi connectivity index (χ0v) is 9.32. The van der Waals surface area contributed by atoms with Crippen molar-refractivity contribution in [3.05, 3.63) is 22.4 Å². The Balaban J connectivity index is 2.26. The van der Waals surface area contributed by atoms with Crippen LogP contribution in [-0.2, 0) is 14.3 Å². The third-order valence-electron chi connectivity index (χ3n) is 2.24. The lowest BCUT2D eigenvalue weighted by Crippen LogP contribution is -2.35. The number of rotatable bonds is 2. The van der Waals surface area contributed by atoms with E-state index in [0.717, 1.165) is 0 Å². The van der Waals surface area contributed by atoms with Gasteiger partial charge in [-0.25, -0.2) is 4.79 Å². The maximum atomic E-state index is 11.8. The molecule has 0 aromatic carbocycles. The lowest BCUT2D eigenvalue weighted by atomic mass is 10.2. The summed E-state index contributed by atoms with van der Waals surface area (Å²) in [4.78, 5) is 35.1. The number of thiophene rings is 1. The monoisotopic (exact) mass is 239 g/mol. The minimum Gasteiger partial charge on any atom is -0.430 e. The highest BCUT2D eigenvalue weighted by Gasteiger charge is 2.44. The van der Waals surface area contributed by atoms with Crippen LogP contribution in [0, 0.1) is 0 Å². The minimum atomic E-state index is -0.964. The highest BCUT2D eigenvalue weighted by molar-refractivity contribution is 7.08. The maximum Gasteiger partial charge on any atom is 0.424 e. The van der Waals surface area contributed by atoms with Crippen LogP contribution in [0.5, 0.6) is 0 Å². The summed E-state index contributed by atoms with van der Waals surface area (Å²) in [6, 6.07) is 1.69. The number of nitrogens with zero attached hydrogens (tertiary/aromatic N) is 1. The van der Waals surface area contributed by atoms with Gasteiger partial charge >= 0.3 is 6.09 Å². The molecule has 1 aliphatic heterocycles. The van der Waals surface area contributed by atoms with Crippen LogP contribution in [0.2, 0.25) is 0 Å². The average Bonchev–Trinajstić information content (AvgIpc) is 2.86. The summed E-state index contributed by atoms with van der Waals surface area (Å²) < 4.78 is 4.88. The van der Waals surface area contributed by atoms with Gasteiger partial charge in [0, 0.05) is 12.0 Å². The summed E-state index contributed by atoms with van der Waals surface area (Å²) >= 11 is 1.40. The van der Waals surface area contributed by atoms with Crippen molar-refractivity contribution in [1.82, 2.24) is 4.90 Å². The van der Waals surface area contributed by atoms with Gasteiger partial charge in [-0.1, -0.05) is 6.92 Å². The van der Waals surface area contributed by atoms with Gasteiger partial charge in [0.2, 0.25) is 12.0 Å². The van der Waals surface area contributed by atoms with E-state index in [1.54, 1.807) is 23.8 Å². The standard InChI is InChI=1S/C10H9NO4S/c1-2-7(12)11-9(13)8(15-10(11)14)6-3-4-16-5-6/h3-5,8H,2H2,1H3. The summed E-state index contributed by atoms with van der Waals surface area (Å²) in [5, 5.41) is 3.50. The number of imide groups is 3. The van der Waals surface area contributed by atoms with Crippen LogP contribution in [0.15, 0.2) is 16.8 Å². The lowest BCUT2D eigenvalue weighted by Gasteiger charge is -2.06. The first-order valence-corrected chi connectivity index (χ1v) is 5.69. The van der Waals surface area contributed by atoms with E-state index in [4.69, 9.17) is 4.74 Å². The van der Waals surface area contributed by atoms with Crippen LogP contribution in [0.3, 0.4) is 0 Å². The second kappa shape index (κ2) is 4.05. The maximum absolute atomic E-state index is 11.8. The molecule has 2 heterocycles. The van der Waals surface area contributed by atoms with Crippen LogP contribution in [0.25, 0.3) is 0 Å². The second-order valence-corrected chi connectivity index (χ2v) is 4.02. The normalized spacial score (nSPS) is 20.1. The fraction of sp³-hybridized carbons (Fsp3) is 0.300. The largest absolute Gasteiger partial charge is 0.430 e. The number of ether oxygens (including phenoxy) is 1. The molecule has 16 heavy (non-hydrogen) atoms. The van der Waals surface area contributed by atoms with Crippen molar-refractivity contribution in [3.63, 3.8) is 0 Å². The molecule has 0 spiro atoms. The van der Waals surface area contributed by atoms with E-state index in [1.807, 2.05) is 0 Å². The van der Waals surface area contributed by atoms with E-state index in [2.05, 4.69) is 0 Å². The molecule has 0 N–H and O–H groups in total. The smallest absolute Gasteiger partial charge is 0.424 e. The average molecular weight is 239 g/mol. The summed E-state index contributed by atoms with van der Waals surface area (Å²) in [5.74, 6) is -1.14. The molecule has 1 atom stereocenters. The third kappa shape index (κ3) is 1.61. The molecule has 1 fully saturated rings. The van der Waals surface area contributed by atoms with E-state index < -0.39 is 24.0 Å². The SMILES string of the molecule is CCC(=O)N1C(=O)OC(c2ccsc2)C1=O. The van der Waals surface area contributed by atoms with Gasteiger partial charge < -0.3 is 4.74 Å². The van der Waals surface area contributed by atoms with Gasteiger partial charge in [0.25, 0.3) is 5.91 Å². The first-order chi connectivity index (χ1) is 7.65. The molecule has 1 aliphatic rings. The lowest BCUT2D eigenvalue weighted by molar-refractivity contribution is -0.140. The Hall–Kier alpha value is -1.69. The second-order valence-electron chi connectivity index (χ2n) is 3.24. The van der Waals surface area contributed by atoms with Crippen molar-refractivity contribution in [1.29, 1.82) is 0 Å². The number of hydrogen-bond acceptors (Lipinski definition) is 5. The molecule has 1 saturated heterocycles. The minimum absolute atomic E-state index is 0.0944. The van der Waals surface area contributed by atoms with Gasteiger partial charge in [-0.05, 0) is 16.8 Å². The first kappa shape index (κ1) is 10.8. The van der Waals surface area contributed by atoms with Gasteiger partial charge in [-0.15, -0.1) is 0 Å². The van der Waals surface area contributed by atoms with Crippen molar-refractivity contribution in [2.45, 2.75) is 19.4 Å². The van der Waals surface area contributed by atoms with Crippen LogP contribution in [0.4, 0.5) is 4.79 Å². The van der Waals surface area contributed by atoms with E-state index in [-0.39, 0.29) is 6.42 Å². The van der Waals surface area contributed by atoms with Crippen molar-refractivity contribution in [2.75, 3.05) is 0 Å². The highest BCUT2D eigenvalue weighted by Crippen LogP contribution is 2.29. The molecule has 0 radical (unpaired) electrons. The molecule has 0 bridgehead atoms. The molecule has 1 unspecified atom stereocenters. The Morgan fingerprint density at radius 2 is 2.31 bits per heavy atom. The Kier molecular flexibility index (Phi) is 2.74. The topological polar surface area (TPSA) is 63.7 Å². The molecule has 5 nitrogen and oxygen atoms in total. The predicted octanol–water partition coefficient (Wildman–Crippen LogP) is 1.70. The third-order valence-corrected chi connectivity index (χ3v) is 2.95. The van der Waals surface area contributed by atoms with Crippen molar-refractivity contribution in [2.24, 2.45) is 0 Å². The number of cyclic esters (lactones) is 1. The van der Waals surface area contributed by atoms with Gasteiger partial charge in [0.05, 0.1) is 0 Å². The molecule has 0 aliphatic carbocycles. The van der Waals surface area contributed by atoms with E-state index in [0.29, 0.717) is 10.5 Å². The van der Waals surface area contributed by atoms with Gasteiger partial charge in [0.1, 0.15) is 0 Å². The quantitative estimate of drug-likeness (QED) is 0.788. The van der Waals surface area contributed by atoms with Crippen LogP contribution in [-0.4, -0.2) is 22.8 Å². The molecule has 6 heteroatoms. The van der Waals surface area contributed by atoms with E-state index in [9.17, 15) is 14.4 Å². The van der Waals surface area contributed by atoms with Gasteiger partial charge in [0.15, 0.2) is 0 Å². The van der Waals surface area contributed by atoms with Crippen molar-refractivity contribution < 1.29 is 19.1 Å². The molecular weight excluding hydrogens is 230 g/mol. The summed E-state index contributed by atoms with van der Waals surface area (Å²) in [6.07, 6.45) is -1.75. The number of hydrogen-bond donors (Lipinski definition) is 0. The zero-order valence-electron chi connectivity index (χ0n) is 8.50. The van der Waals surface area contributed by atoms with Crippen molar-refractivity contribution in [3.8, 4) is 0 Å². The summed E-state index contributed by atoms with van der Waals surface area (Å²) in [6.45, 7) is 1.58. The molecule has 0 saturated carbocycles. The Morgan fingerprint density at radius 3 is 2.88 bits per heavy atom. The zero-order chi connectivity index (χ0) is 11.7. The van der Waals surface area contributed by atoms with E-state index in [1.165, 1.54) is 11.3 Å². The van der Waals surface area contributed by atoms with Crippen molar-refractivity contribution >= 4 is 29.2 Å². The highest BCUT2D eigenvalue weighted by atomic mass is 32.1. The van der Waals surface area contributed by atoms with Gasteiger partial charge in [-0.2, -0.15) is 16.2 Å². The van der Waals surface area contributed by atoms with E-state index >= 15 is 0 Å². The number of carbonyl (C=O) groups excluding carboxylic acids is 3. The molecule has 2 rings (SSSR count). The molecule has 1 aromatic rings.